The summed E-state index contributed by atoms with van der Waals surface area (Å²) in [4.78, 5) is 12.3. The van der Waals surface area contributed by atoms with Gasteiger partial charge in [-0.1, -0.05) is 66.3 Å². The Bertz CT molecular complexity index is 579. The summed E-state index contributed by atoms with van der Waals surface area (Å²) >= 11 is 23.3. The molecule has 1 fully saturated rings. The zero-order valence-electron chi connectivity index (χ0n) is 10.9. The molecule has 2 atom stereocenters. The fraction of sp³-hybridized carbons (Fsp3) is 0.357. The highest BCUT2D eigenvalue weighted by Crippen LogP contribution is 2.60. The van der Waals surface area contributed by atoms with E-state index in [0.29, 0.717) is 15.7 Å². The summed E-state index contributed by atoms with van der Waals surface area (Å²) in [5, 5.41) is 3.54. The van der Waals surface area contributed by atoms with Crippen molar-refractivity contribution in [3.63, 3.8) is 0 Å². The van der Waals surface area contributed by atoms with Crippen molar-refractivity contribution >= 4 is 58.0 Å². The van der Waals surface area contributed by atoms with Crippen LogP contribution in [0.4, 0.5) is 5.69 Å². The first-order chi connectivity index (χ1) is 9.25. The normalized spacial score (nSPS) is 23.1. The highest BCUT2D eigenvalue weighted by molar-refractivity contribution is 6.55. The summed E-state index contributed by atoms with van der Waals surface area (Å²) in [6, 6.07) is 5.11. The highest BCUT2D eigenvalue weighted by Gasteiger charge is 2.60. The Kier molecular flexibility index (Phi) is 4.60. The molecule has 2 rings (SSSR count). The van der Waals surface area contributed by atoms with Gasteiger partial charge in [-0.15, -0.1) is 0 Å². The lowest BCUT2D eigenvalue weighted by Gasteiger charge is -2.08. The van der Waals surface area contributed by atoms with E-state index in [1.54, 1.807) is 24.3 Å². The number of allylic oxidation sites excluding steroid dienone is 1. The van der Waals surface area contributed by atoms with Gasteiger partial charge in [0, 0.05) is 0 Å². The maximum atomic E-state index is 12.3. The zero-order chi connectivity index (χ0) is 15.1. The van der Waals surface area contributed by atoms with E-state index in [2.05, 4.69) is 5.32 Å². The Morgan fingerprint density at radius 2 is 1.95 bits per heavy atom. The van der Waals surface area contributed by atoms with E-state index in [1.807, 2.05) is 13.8 Å². The second kappa shape index (κ2) is 5.76. The maximum absolute atomic E-state index is 12.3. The van der Waals surface area contributed by atoms with E-state index >= 15 is 0 Å². The van der Waals surface area contributed by atoms with Crippen molar-refractivity contribution in [1.82, 2.24) is 0 Å². The van der Waals surface area contributed by atoms with Crippen LogP contribution in [0.25, 0.3) is 0 Å². The van der Waals surface area contributed by atoms with Crippen LogP contribution in [0.2, 0.25) is 10.0 Å². The average Bonchev–Trinajstić information content (AvgIpc) is 2.86. The maximum Gasteiger partial charge on any atom is 0.228 e. The Balaban J connectivity index is 2.14. The van der Waals surface area contributed by atoms with Crippen molar-refractivity contribution in [1.29, 1.82) is 0 Å². The summed E-state index contributed by atoms with van der Waals surface area (Å²) < 4.78 is 0.180. The summed E-state index contributed by atoms with van der Waals surface area (Å²) in [5.41, 5.74) is 0.330. The van der Waals surface area contributed by atoms with Crippen molar-refractivity contribution in [3.8, 4) is 0 Å². The molecule has 1 saturated carbocycles. The number of anilines is 1. The van der Waals surface area contributed by atoms with Gasteiger partial charge in [-0.3, -0.25) is 4.79 Å². The van der Waals surface area contributed by atoms with Gasteiger partial charge in [-0.05, 0) is 29.5 Å². The third-order valence-electron chi connectivity index (χ3n) is 3.71. The molecular formula is C14H13Cl4NO. The number of hydrogen-bond donors (Lipinski definition) is 1. The monoisotopic (exact) mass is 351 g/mol. The van der Waals surface area contributed by atoms with Crippen LogP contribution in [0.3, 0.4) is 0 Å². The molecular weight excluding hydrogens is 340 g/mol. The van der Waals surface area contributed by atoms with Crippen molar-refractivity contribution in [3.05, 3.63) is 38.8 Å². The molecule has 0 aromatic heterocycles. The molecule has 0 unspecified atom stereocenters. The molecule has 2 nitrogen and oxygen atoms in total. The zero-order valence-corrected chi connectivity index (χ0v) is 13.9. The van der Waals surface area contributed by atoms with E-state index in [-0.39, 0.29) is 27.6 Å². The quantitative estimate of drug-likeness (QED) is 0.761. The molecule has 1 aromatic carbocycles. The minimum atomic E-state index is -0.190. The van der Waals surface area contributed by atoms with E-state index in [0.717, 1.165) is 0 Å². The topological polar surface area (TPSA) is 29.1 Å². The first kappa shape index (κ1) is 16.0. The number of halogens is 4. The molecule has 108 valence electrons. The van der Waals surface area contributed by atoms with Crippen LogP contribution < -0.4 is 5.32 Å². The molecule has 6 heteroatoms. The fourth-order valence-electron chi connectivity index (χ4n) is 2.44. The SMILES string of the molecule is CC1(C)[C@H](C=C(Cl)Cl)[C@@H]1C(=O)Nc1cccc(Cl)c1Cl. The van der Waals surface area contributed by atoms with Crippen LogP contribution in [0.1, 0.15) is 13.8 Å². The lowest BCUT2D eigenvalue weighted by atomic mass is 10.1. The molecule has 1 amide bonds. The summed E-state index contributed by atoms with van der Waals surface area (Å²) in [6.45, 7) is 3.99. The second-order valence-electron chi connectivity index (χ2n) is 5.37. The van der Waals surface area contributed by atoms with Crippen molar-refractivity contribution in [2.24, 2.45) is 17.3 Å². The van der Waals surface area contributed by atoms with Gasteiger partial charge in [0.15, 0.2) is 0 Å². The minimum Gasteiger partial charge on any atom is -0.324 e. The van der Waals surface area contributed by atoms with E-state index in [1.165, 1.54) is 0 Å². The summed E-state index contributed by atoms with van der Waals surface area (Å²) in [5.74, 6) is -0.287. The highest BCUT2D eigenvalue weighted by atomic mass is 35.5. The van der Waals surface area contributed by atoms with E-state index < -0.39 is 0 Å². The molecule has 1 aliphatic carbocycles. The van der Waals surface area contributed by atoms with Crippen LogP contribution in [-0.2, 0) is 4.79 Å². The van der Waals surface area contributed by atoms with Crippen LogP contribution in [0.5, 0.6) is 0 Å². The molecule has 20 heavy (non-hydrogen) atoms. The molecule has 1 aromatic rings. The van der Waals surface area contributed by atoms with Gasteiger partial charge < -0.3 is 5.32 Å². The van der Waals surface area contributed by atoms with Gasteiger partial charge in [-0.2, -0.15) is 0 Å². The Morgan fingerprint density at radius 3 is 2.55 bits per heavy atom. The minimum absolute atomic E-state index is 0.0189. The number of carbonyl (C=O) groups is 1. The molecule has 0 heterocycles. The molecule has 1 N–H and O–H groups in total. The van der Waals surface area contributed by atoms with Gasteiger partial charge in [0.05, 0.1) is 21.7 Å². The number of rotatable bonds is 3. The second-order valence-corrected chi connectivity index (χ2v) is 7.16. The molecule has 1 aliphatic rings. The predicted octanol–water partition coefficient (Wildman–Crippen LogP) is 5.52. The first-order valence-corrected chi connectivity index (χ1v) is 7.54. The number of carbonyl (C=O) groups excluding carboxylic acids is 1. The smallest absolute Gasteiger partial charge is 0.228 e. The predicted molar refractivity (Wildman–Crippen MR) is 85.6 cm³/mol. The van der Waals surface area contributed by atoms with Crippen LogP contribution in [-0.4, -0.2) is 5.91 Å². The largest absolute Gasteiger partial charge is 0.324 e. The van der Waals surface area contributed by atoms with Crippen LogP contribution in [0, 0.1) is 17.3 Å². The molecule has 0 aliphatic heterocycles. The average molecular weight is 353 g/mol. The third-order valence-corrected chi connectivity index (χ3v) is 4.78. The van der Waals surface area contributed by atoms with Crippen molar-refractivity contribution in [2.75, 3.05) is 5.32 Å². The Hall–Kier alpha value is -0.410. The Labute approximate surface area is 138 Å². The number of benzene rings is 1. The number of amides is 1. The molecule has 0 bridgehead atoms. The molecule has 0 spiro atoms. The van der Waals surface area contributed by atoms with Crippen molar-refractivity contribution < 1.29 is 4.79 Å². The lowest BCUT2D eigenvalue weighted by molar-refractivity contribution is -0.118. The summed E-state index contributed by atoms with van der Waals surface area (Å²) in [6.07, 6.45) is 1.70. The van der Waals surface area contributed by atoms with Gasteiger partial charge in [0.1, 0.15) is 4.49 Å². The molecule has 0 saturated heterocycles. The van der Waals surface area contributed by atoms with Crippen LogP contribution >= 0.6 is 46.4 Å². The third kappa shape index (κ3) is 3.09. The summed E-state index contributed by atoms with van der Waals surface area (Å²) in [7, 11) is 0. The number of nitrogens with one attached hydrogen (secondary N) is 1. The number of hydrogen-bond acceptors (Lipinski definition) is 1. The lowest BCUT2D eigenvalue weighted by Crippen LogP contribution is -2.17. The van der Waals surface area contributed by atoms with Gasteiger partial charge in [-0.25, -0.2) is 0 Å². The van der Waals surface area contributed by atoms with Crippen LogP contribution in [0.15, 0.2) is 28.8 Å². The standard InChI is InChI=1S/C14H13Cl4NO/c1-14(2)7(6-10(16)17)11(14)13(20)19-9-5-3-4-8(15)12(9)18/h3-7,11H,1-2H3,(H,19,20)/t7-,11-/m1/s1. The van der Waals surface area contributed by atoms with Gasteiger partial charge in [0.25, 0.3) is 0 Å². The Morgan fingerprint density at radius 1 is 1.30 bits per heavy atom. The fourth-order valence-corrected chi connectivity index (χ4v) is 3.06. The van der Waals surface area contributed by atoms with Crippen molar-refractivity contribution in [2.45, 2.75) is 13.8 Å². The van der Waals surface area contributed by atoms with E-state index in [9.17, 15) is 4.79 Å². The molecule has 0 radical (unpaired) electrons. The van der Waals surface area contributed by atoms with Gasteiger partial charge in [0.2, 0.25) is 5.91 Å². The first-order valence-electron chi connectivity index (χ1n) is 6.03. The van der Waals surface area contributed by atoms with E-state index in [4.69, 9.17) is 46.4 Å². The van der Waals surface area contributed by atoms with Gasteiger partial charge >= 0.3 is 0 Å².